The Morgan fingerprint density at radius 1 is 0.398 bits per heavy atom. The average Bonchev–Trinajstić information content (AvgIpc) is 3.31. The number of aliphatic hydroxyl groups excluding tert-OH is 5. The fourth-order valence-electron chi connectivity index (χ4n) is 10.5. The van der Waals surface area contributed by atoms with E-state index in [0.29, 0.717) is 6.42 Å². The second kappa shape index (κ2) is 66.0. The number of carbonyl (C=O) groups excluding carboxylic acids is 1. The van der Waals surface area contributed by atoms with E-state index in [4.69, 9.17) is 9.47 Å². The van der Waals surface area contributed by atoms with Crippen LogP contribution in [-0.2, 0) is 14.3 Å². The van der Waals surface area contributed by atoms with Crippen molar-refractivity contribution in [2.45, 2.75) is 333 Å². The number of aliphatic hydroxyl groups is 5. The molecule has 502 valence electrons. The molecule has 0 bridgehead atoms. The lowest BCUT2D eigenvalue weighted by atomic mass is 9.99. The lowest BCUT2D eigenvalue weighted by molar-refractivity contribution is -0.302. The molecule has 9 nitrogen and oxygen atoms in total. The molecule has 0 aromatic heterocycles. The lowest BCUT2D eigenvalue weighted by Crippen LogP contribution is -2.60. The normalized spacial score (nSPS) is 18.8. The summed E-state index contributed by atoms with van der Waals surface area (Å²) < 4.78 is 11.3. The van der Waals surface area contributed by atoms with Gasteiger partial charge in [0.05, 0.1) is 25.4 Å². The molecule has 0 aromatic carbocycles. The molecule has 88 heavy (non-hydrogen) atoms. The maximum absolute atomic E-state index is 13.1. The second-order valence-electron chi connectivity index (χ2n) is 24.3. The van der Waals surface area contributed by atoms with E-state index in [1.165, 1.54) is 167 Å². The van der Waals surface area contributed by atoms with Gasteiger partial charge in [0.2, 0.25) is 5.91 Å². The van der Waals surface area contributed by atoms with E-state index >= 15 is 0 Å². The van der Waals surface area contributed by atoms with E-state index in [-0.39, 0.29) is 12.5 Å². The molecule has 0 saturated carbocycles. The van der Waals surface area contributed by atoms with Crippen LogP contribution < -0.4 is 5.32 Å². The maximum Gasteiger partial charge on any atom is 0.220 e. The summed E-state index contributed by atoms with van der Waals surface area (Å²) in [6.07, 6.45) is 95.2. The number of hydrogen-bond donors (Lipinski definition) is 6. The smallest absolute Gasteiger partial charge is 0.220 e. The highest BCUT2D eigenvalue weighted by atomic mass is 16.7. The molecule has 7 atom stereocenters. The summed E-state index contributed by atoms with van der Waals surface area (Å²) in [7, 11) is 0. The first kappa shape index (κ1) is 82.1. The summed E-state index contributed by atoms with van der Waals surface area (Å²) in [5.74, 6) is -0.195. The maximum atomic E-state index is 13.1. The van der Waals surface area contributed by atoms with E-state index in [0.717, 1.165) is 103 Å². The molecule has 1 amide bonds. The average molecular weight is 1220 g/mol. The Kier molecular flexibility index (Phi) is 61.6. The van der Waals surface area contributed by atoms with Gasteiger partial charge in [0.15, 0.2) is 6.29 Å². The van der Waals surface area contributed by atoms with Gasteiger partial charge in [0, 0.05) is 6.42 Å². The van der Waals surface area contributed by atoms with Crippen molar-refractivity contribution in [3.63, 3.8) is 0 Å². The van der Waals surface area contributed by atoms with Crippen LogP contribution in [0.4, 0.5) is 0 Å². The zero-order chi connectivity index (χ0) is 63.5. The van der Waals surface area contributed by atoms with E-state index < -0.39 is 49.5 Å². The van der Waals surface area contributed by atoms with Crippen LogP contribution in [0.15, 0.2) is 146 Å². The number of carbonyl (C=O) groups is 1. The third kappa shape index (κ3) is 53.9. The number of rotatable bonds is 61. The third-order valence-electron chi connectivity index (χ3n) is 16.1. The number of ether oxygens (including phenoxy) is 2. The molecule has 1 fully saturated rings. The van der Waals surface area contributed by atoms with Gasteiger partial charge in [-0.15, -0.1) is 0 Å². The Labute approximate surface area is 540 Å². The molecule has 1 saturated heterocycles. The molecule has 7 unspecified atom stereocenters. The first-order valence-electron chi connectivity index (χ1n) is 36.1. The molecular weight excluding hydrogens is 1090 g/mol. The van der Waals surface area contributed by atoms with Crippen molar-refractivity contribution >= 4 is 5.91 Å². The standard InChI is InChI=1S/C79H133NO8/c1-3-5-7-9-11-13-15-17-19-21-23-25-27-29-30-31-32-33-34-35-36-37-38-39-40-41-42-43-44-45-47-49-51-53-55-57-59-61-63-65-67-69-75(83)80-72(71-87-79-78(86)77(85)76(84)74(70-81)88-79)73(82)68-66-64-62-60-58-56-54-52-50-48-46-28-26-24-22-20-18-16-14-12-10-8-6-4-2/h5,7,11,13,17,19,23,25,29-30,32-33,35-36,38-39,41-42,50,52,58,60,66,68,72-74,76-79,81-82,84-86H,3-4,6,8-10,12,14-16,18,20-22,24,26-28,31,34,37,40,43-49,51,53-57,59,61-65,67,69-71H2,1-2H3,(H,80,83)/b7-5-,13-11-,19-17-,25-23-,30-29-,33-32-,36-35-,39-38-,42-41-,52-50+,60-58+,68-66+. The predicted molar refractivity (Wildman–Crippen MR) is 377 cm³/mol. The molecule has 0 spiro atoms. The van der Waals surface area contributed by atoms with Gasteiger partial charge in [0.25, 0.3) is 0 Å². The molecule has 0 radical (unpaired) electrons. The molecule has 9 heteroatoms. The number of amides is 1. The molecule has 6 N–H and O–H groups in total. The van der Waals surface area contributed by atoms with Crippen LogP contribution in [-0.4, -0.2) is 87.5 Å². The summed E-state index contributed by atoms with van der Waals surface area (Å²) in [5, 5.41) is 54.7. The Hall–Kier alpha value is -3.93. The minimum atomic E-state index is -1.58. The molecule has 1 aliphatic heterocycles. The Balaban J connectivity index is 2.15. The van der Waals surface area contributed by atoms with Crippen LogP contribution in [0.5, 0.6) is 0 Å². The summed E-state index contributed by atoms with van der Waals surface area (Å²) in [6, 6.07) is -0.839. The van der Waals surface area contributed by atoms with Gasteiger partial charge in [-0.05, 0) is 116 Å². The summed E-state index contributed by atoms with van der Waals surface area (Å²) in [4.78, 5) is 13.1. The van der Waals surface area contributed by atoms with Crippen molar-refractivity contribution in [2.75, 3.05) is 13.2 Å². The zero-order valence-electron chi connectivity index (χ0n) is 56.2. The van der Waals surface area contributed by atoms with Crippen molar-refractivity contribution in [3.8, 4) is 0 Å². The van der Waals surface area contributed by atoms with Crippen LogP contribution in [0.3, 0.4) is 0 Å². The number of hydrogen-bond acceptors (Lipinski definition) is 8. The highest BCUT2D eigenvalue weighted by Crippen LogP contribution is 2.23. The van der Waals surface area contributed by atoms with E-state index in [1.54, 1.807) is 6.08 Å². The molecule has 0 aliphatic carbocycles. The van der Waals surface area contributed by atoms with Crippen LogP contribution in [0.2, 0.25) is 0 Å². The van der Waals surface area contributed by atoms with Gasteiger partial charge in [-0.3, -0.25) is 4.79 Å². The monoisotopic (exact) mass is 1220 g/mol. The summed E-state index contributed by atoms with van der Waals surface area (Å²) in [6.45, 7) is 3.66. The van der Waals surface area contributed by atoms with Gasteiger partial charge in [-0.25, -0.2) is 0 Å². The van der Waals surface area contributed by atoms with Crippen molar-refractivity contribution < 1.29 is 39.8 Å². The summed E-state index contributed by atoms with van der Waals surface area (Å²) in [5.41, 5.74) is 0. The highest BCUT2D eigenvalue weighted by Gasteiger charge is 2.44. The van der Waals surface area contributed by atoms with Crippen LogP contribution >= 0.6 is 0 Å². The SMILES string of the molecule is CC/C=C\C/C=C\C/C=C\C/C=C\C/C=C\C/C=C\C/C=C\C/C=C\C/C=C\CCCCCCCCCCCCCCCC(=O)NC(COC1OC(CO)C(O)C(O)C1O)C(O)/C=C/CC/C=C/CC/C=C/CCCCCCCCCCCCCCCC. The summed E-state index contributed by atoms with van der Waals surface area (Å²) >= 11 is 0. The van der Waals surface area contributed by atoms with Crippen molar-refractivity contribution in [3.05, 3.63) is 146 Å². The van der Waals surface area contributed by atoms with Crippen molar-refractivity contribution in [2.24, 2.45) is 0 Å². The Bertz CT molecular complexity index is 1900. The third-order valence-corrected chi connectivity index (χ3v) is 16.1. The number of allylic oxidation sites excluding steroid dienone is 23. The topological polar surface area (TPSA) is 149 Å². The largest absolute Gasteiger partial charge is 0.394 e. The van der Waals surface area contributed by atoms with E-state index in [9.17, 15) is 30.3 Å². The zero-order valence-corrected chi connectivity index (χ0v) is 56.2. The van der Waals surface area contributed by atoms with E-state index in [2.05, 4.69) is 153 Å². The Morgan fingerprint density at radius 3 is 1.09 bits per heavy atom. The Morgan fingerprint density at radius 2 is 0.716 bits per heavy atom. The van der Waals surface area contributed by atoms with Gasteiger partial charge in [-0.2, -0.15) is 0 Å². The predicted octanol–water partition coefficient (Wildman–Crippen LogP) is 20.1. The van der Waals surface area contributed by atoms with Crippen LogP contribution in [0.1, 0.15) is 290 Å². The second-order valence-corrected chi connectivity index (χ2v) is 24.3. The number of nitrogens with one attached hydrogen (secondary N) is 1. The molecule has 0 aromatic rings. The van der Waals surface area contributed by atoms with Crippen molar-refractivity contribution in [1.29, 1.82) is 0 Å². The van der Waals surface area contributed by atoms with Gasteiger partial charge < -0.3 is 40.3 Å². The lowest BCUT2D eigenvalue weighted by Gasteiger charge is -2.40. The number of unbranched alkanes of at least 4 members (excludes halogenated alkanes) is 29. The minimum absolute atomic E-state index is 0.195. The fourth-order valence-corrected chi connectivity index (χ4v) is 10.5. The van der Waals surface area contributed by atoms with Gasteiger partial charge in [0.1, 0.15) is 24.4 Å². The van der Waals surface area contributed by atoms with Crippen LogP contribution in [0.25, 0.3) is 0 Å². The first-order chi connectivity index (χ1) is 43.3. The fraction of sp³-hybridized carbons (Fsp3) is 0.684. The van der Waals surface area contributed by atoms with E-state index in [1.807, 2.05) is 6.08 Å². The minimum Gasteiger partial charge on any atom is -0.394 e. The molecule has 1 rings (SSSR count). The van der Waals surface area contributed by atoms with Gasteiger partial charge >= 0.3 is 0 Å². The quantitative estimate of drug-likeness (QED) is 0.0261. The molecular formula is C79H133NO8. The first-order valence-corrected chi connectivity index (χ1v) is 36.1. The van der Waals surface area contributed by atoms with Crippen LogP contribution in [0, 0.1) is 0 Å². The highest BCUT2D eigenvalue weighted by molar-refractivity contribution is 5.76. The molecule has 1 heterocycles. The molecule has 1 aliphatic rings. The van der Waals surface area contributed by atoms with Gasteiger partial charge in [-0.1, -0.05) is 314 Å². The van der Waals surface area contributed by atoms with Crippen molar-refractivity contribution in [1.82, 2.24) is 5.32 Å².